The lowest BCUT2D eigenvalue weighted by molar-refractivity contribution is 0.0792. The first-order chi connectivity index (χ1) is 12.0. The van der Waals surface area contributed by atoms with Crippen LogP contribution in [0.15, 0.2) is 34.9 Å². The third-order valence-corrected chi connectivity index (χ3v) is 4.51. The van der Waals surface area contributed by atoms with Gasteiger partial charge in [-0.2, -0.15) is 0 Å². The summed E-state index contributed by atoms with van der Waals surface area (Å²) >= 11 is 0. The quantitative estimate of drug-likeness (QED) is 0.775. The van der Waals surface area contributed by atoms with Gasteiger partial charge < -0.3 is 15.2 Å². The van der Waals surface area contributed by atoms with Crippen LogP contribution >= 0.6 is 0 Å². The first-order valence-electron chi connectivity index (χ1n) is 8.11. The highest BCUT2D eigenvalue weighted by molar-refractivity contribution is 6.07. The lowest BCUT2D eigenvalue weighted by atomic mass is 10.0. The molecule has 6 nitrogen and oxygen atoms in total. The van der Waals surface area contributed by atoms with Crippen molar-refractivity contribution in [2.45, 2.75) is 19.4 Å². The highest BCUT2D eigenvalue weighted by atomic mass is 19.1. The molecule has 1 amide bonds. The van der Waals surface area contributed by atoms with Gasteiger partial charge in [0.1, 0.15) is 5.82 Å². The van der Waals surface area contributed by atoms with Gasteiger partial charge in [0.2, 0.25) is 0 Å². The van der Waals surface area contributed by atoms with Crippen LogP contribution in [-0.2, 0) is 0 Å². The van der Waals surface area contributed by atoms with E-state index >= 15 is 0 Å². The SMILES string of the molecule is Cc1noc2nc(-c3ccccc3F)cc(C(=O)N3CC[C@@H](N)C3)c12. The van der Waals surface area contributed by atoms with Crippen LogP contribution in [0.1, 0.15) is 22.5 Å². The molecule has 2 aromatic heterocycles. The molecule has 7 heteroatoms. The smallest absolute Gasteiger partial charge is 0.259 e. The van der Waals surface area contributed by atoms with Crippen molar-refractivity contribution in [3.63, 3.8) is 0 Å². The fraction of sp³-hybridized carbons (Fsp3) is 0.278. The Balaban J connectivity index is 1.88. The molecule has 25 heavy (non-hydrogen) atoms. The molecule has 3 heterocycles. The fourth-order valence-corrected chi connectivity index (χ4v) is 3.21. The molecule has 0 radical (unpaired) electrons. The number of likely N-dealkylation sites (tertiary alicyclic amines) is 1. The van der Waals surface area contributed by atoms with Gasteiger partial charge in [-0.25, -0.2) is 9.37 Å². The zero-order valence-corrected chi connectivity index (χ0v) is 13.7. The number of benzene rings is 1. The van der Waals surface area contributed by atoms with E-state index in [1.165, 1.54) is 6.07 Å². The van der Waals surface area contributed by atoms with Gasteiger partial charge in [0, 0.05) is 24.7 Å². The summed E-state index contributed by atoms with van der Waals surface area (Å²) in [5.41, 5.74) is 7.79. The number of nitrogens with zero attached hydrogens (tertiary/aromatic N) is 3. The number of halogens is 1. The predicted molar refractivity (Wildman–Crippen MR) is 90.4 cm³/mol. The van der Waals surface area contributed by atoms with Gasteiger partial charge in [-0.05, 0) is 31.5 Å². The van der Waals surface area contributed by atoms with Crippen molar-refractivity contribution in [1.29, 1.82) is 0 Å². The van der Waals surface area contributed by atoms with Crippen molar-refractivity contribution < 1.29 is 13.7 Å². The number of hydrogen-bond donors (Lipinski definition) is 1. The molecule has 0 spiro atoms. The van der Waals surface area contributed by atoms with Crippen LogP contribution in [0.25, 0.3) is 22.4 Å². The molecule has 128 valence electrons. The number of fused-ring (bicyclic) bond motifs is 1. The predicted octanol–water partition coefficient (Wildman–Crippen LogP) is 2.51. The van der Waals surface area contributed by atoms with Crippen molar-refractivity contribution >= 4 is 17.0 Å². The number of carbonyl (C=O) groups is 1. The Morgan fingerprint density at radius 3 is 2.92 bits per heavy atom. The highest BCUT2D eigenvalue weighted by Crippen LogP contribution is 2.29. The summed E-state index contributed by atoms with van der Waals surface area (Å²) in [5, 5.41) is 4.47. The fourth-order valence-electron chi connectivity index (χ4n) is 3.21. The molecule has 1 aliphatic rings. The number of aromatic nitrogens is 2. The average molecular weight is 340 g/mol. The maximum Gasteiger partial charge on any atom is 0.259 e. The number of amides is 1. The lowest BCUT2D eigenvalue weighted by Crippen LogP contribution is -2.32. The van der Waals surface area contributed by atoms with E-state index in [9.17, 15) is 9.18 Å². The molecule has 1 atom stereocenters. The number of hydrogen-bond acceptors (Lipinski definition) is 5. The molecule has 0 saturated carbocycles. The topological polar surface area (TPSA) is 85.2 Å². The monoisotopic (exact) mass is 340 g/mol. The van der Waals surface area contributed by atoms with E-state index in [-0.39, 0.29) is 17.7 Å². The van der Waals surface area contributed by atoms with Gasteiger partial charge in [0.15, 0.2) is 0 Å². The molecular weight excluding hydrogens is 323 g/mol. The summed E-state index contributed by atoms with van der Waals surface area (Å²) in [6.45, 7) is 2.86. The first-order valence-corrected chi connectivity index (χ1v) is 8.11. The standard InChI is InChI=1S/C18H17FN4O2/c1-10-16-13(18(24)23-7-6-11(20)9-23)8-15(21-17(16)25-22-10)12-4-2-3-5-14(12)19/h2-5,8,11H,6-7,9,20H2,1H3/t11-/m1/s1. The number of rotatable bonds is 2. The summed E-state index contributed by atoms with van der Waals surface area (Å²) in [4.78, 5) is 19.1. The van der Waals surface area contributed by atoms with Crippen LogP contribution in [0.5, 0.6) is 0 Å². The maximum absolute atomic E-state index is 14.2. The van der Waals surface area contributed by atoms with E-state index < -0.39 is 5.82 Å². The molecule has 0 bridgehead atoms. The van der Waals surface area contributed by atoms with Crippen LogP contribution in [-0.4, -0.2) is 40.1 Å². The maximum atomic E-state index is 14.2. The first kappa shape index (κ1) is 15.7. The summed E-state index contributed by atoms with van der Waals surface area (Å²) in [6.07, 6.45) is 0.767. The summed E-state index contributed by atoms with van der Waals surface area (Å²) in [6, 6.07) is 7.89. The zero-order valence-electron chi connectivity index (χ0n) is 13.7. The van der Waals surface area contributed by atoms with Gasteiger partial charge in [-0.1, -0.05) is 17.3 Å². The third-order valence-electron chi connectivity index (χ3n) is 4.51. The number of carbonyl (C=O) groups excluding carboxylic acids is 1. The largest absolute Gasteiger partial charge is 0.337 e. The summed E-state index contributed by atoms with van der Waals surface area (Å²) in [5.74, 6) is -0.573. The summed E-state index contributed by atoms with van der Waals surface area (Å²) in [7, 11) is 0. The Hall–Kier alpha value is -2.80. The Bertz CT molecular complexity index is 969. The second kappa shape index (κ2) is 5.93. The molecule has 0 unspecified atom stereocenters. The highest BCUT2D eigenvalue weighted by Gasteiger charge is 2.28. The van der Waals surface area contributed by atoms with Gasteiger partial charge >= 0.3 is 0 Å². The molecule has 1 aliphatic heterocycles. The molecular formula is C18H17FN4O2. The van der Waals surface area contributed by atoms with Crippen LogP contribution < -0.4 is 5.73 Å². The number of nitrogens with two attached hydrogens (primary N) is 1. The van der Waals surface area contributed by atoms with Gasteiger partial charge in [-0.15, -0.1) is 0 Å². The molecule has 2 N–H and O–H groups in total. The van der Waals surface area contributed by atoms with E-state index in [4.69, 9.17) is 10.3 Å². The Morgan fingerprint density at radius 1 is 1.40 bits per heavy atom. The molecule has 4 rings (SSSR count). The minimum absolute atomic E-state index is 0.0177. The molecule has 1 saturated heterocycles. The third kappa shape index (κ3) is 2.66. The number of aryl methyl sites for hydroxylation is 1. The van der Waals surface area contributed by atoms with Crippen LogP contribution in [0, 0.1) is 12.7 Å². The van der Waals surface area contributed by atoms with Crippen LogP contribution in [0.3, 0.4) is 0 Å². The van der Waals surface area contributed by atoms with Gasteiger partial charge in [0.05, 0.1) is 22.3 Å². The molecule has 3 aromatic rings. The zero-order chi connectivity index (χ0) is 17.6. The average Bonchev–Trinajstić information content (AvgIpc) is 3.20. The van der Waals surface area contributed by atoms with Crippen molar-refractivity contribution in [1.82, 2.24) is 15.0 Å². The molecule has 1 fully saturated rings. The van der Waals surface area contributed by atoms with Gasteiger partial charge in [-0.3, -0.25) is 4.79 Å². The summed E-state index contributed by atoms with van der Waals surface area (Å²) < 4.78 is 19.4. The minimum atomic E-state index is -0.410. The van der Waals surface area contributed by atoms with E-state index in [1.807, 2.05) is 0 Å². The van der Waals surface area contributed by atoms with Crippen molar-refractivity contribution in [2.75, 3.05) is 13.1 Å². The Kier molecular flexibility index (Phi) is 3.73. The second-order valence-corrected chi connectivity index (χ2v) is 6.28. The van der Waals surface area contributed by atoms with E-state index in [0.717, 1.165) is 6.42 Å². The molecule has 0 aliphatic carbocycles. The van der Waals surface area contributed by atoms with E-state index in [1.54, 1.807) is 36.1 Å². The normalized spacial score (nSPS) is 17.4. The Labute approximate surface area is 143 Å². The van der Waals surface area contributed by atoms with Crippen LogP contribution in [0.2, 0.25) is 0 Å². The molecule has 1 aromatic carbocycles. The Morgan fingerprint density at radius 2 is 2.20 bits per heavy atom. The van der Waals surface area contributed by atoms with E-state index in [2.05, 4.69) is 10.1 Å². The van der Waals surface area contributed by atoms with Gasteiger partial charge in [0.25, 0.3) is 11.6 Å². The lowest BCUT2D eigenvalue weighted by Gasteiger charge is -2.17. The number of pyridine rings is 1. The van der Waals surface area contributed by atoms with E-state index in [0.29, 0.717) is 41.0 Å². The van der Waals surface area contributed by atoms with Crippen molar-refractivity contribution in [3.8, 4) is 11.3 Å². The second-order valence-electron chi connectivity index (χ2n) is 6.28. The minimum Gasteiger partial charge on any atom is -0.337 e. The van der Waals surface area contributed by atoms with Crippen molar-refractivity contribution in [3.05, 3.63) is 47.4 Å². The van der Waals surface area contributed by atoms with Crippen molar-refractivity contribution in [2.24, 2.45) is 5.73 Å². The van der Waals surface area contributed by atoms with Crippen LogP contribution in [0.4, 0.5) is 4.39 Å².